The van der Waals surface area contributed by atoms with Crippen LogP contribution in [0.2, 0.25) is 0 Å². The van der Waals surface area contributed by atoms with Crippen LogP contribution in [0.3, 0.4) is 0 Å². The van der Waals surface area contributed by atoms with Gasteiger partial charge in [0.25, 0.3) is 5.91 Å². The van der Waals surface area contributed by atoms with E-state index < -0.39 is 0 Å². The van der Waals surface area contributed by atoms with E-state index in [1.165, 1.54) is 0 Å². The van der Waals surface area contributed by atoms with Gasteiger partial charge in [0.05, 0.1) is 18.2 Å². The summed E-state index contributed by atoms with van der Waals surface area (Å²) in [6.07, 6.45) is 0.325. The first-order valence-corrected chi connectivity index (χ1v) is 6.66. The molecule has 1 rings (SSSR count). The molecule has 1 aromatic rings. The van der Waals surface area contributed by atoms with Crippen molar-refractivity contribution in [2.45, 2.75) is 20.3 Å². The fourth-order valence-electron chi connectivity index (χ4n) is 1.79. The summed E-state index contributed by atoms with van der Waals surface area (Å²) in [5.41, 5.74) is 6.26. The van der Waals surface area contributed by atoms with Crippen LogP contribution < -0.4 is 10.5 Å². The number of rotatable bonds is 7. The molecule has 0 bridgehead atoms. The number of hydrogen-bond donors (Lipinski definition) is 1. The number of amides is 1. The molecule has 0 aliphatic heterocycles. The Bertz CT molecular complexity index is 480. The number of nitrogens with two attached hydrogens (primary N) is 1. The second-order valence-corrected chi connectivity index (χ2v) is 4.97. The van der Waals surface area contributed by atoms with E-state index in [-0.39, 0.29) is 12.5 Å². The lowest BCUT2D eigenvalue weighted by Gasteiger charge is -2.23. The van der Waals surface area contributed by atoms with E-state index in [9.17, 15) is 4.79 Å². The van der Waals surface area contributed by atoms with Crippen molar-refractivity contribution in [3.63, 3.8) is 0 Å². The van der Waals surface area contributed by atoms with Gasteiger partial charge in [-0.15, -0.1) is 0 Å². The van der Waals surface area contributed by atoms with Crippen LogP contribution in [-0.4, -0.2) is 30.5 Å². The maximum atomic E-state index is 12.1. The highest BCUT2D eigenvalue weighted by Gasteiger charge is 2.15. The van der Waals surface area contributed by atoms with Gasteiger partial charge in [-0.05, 0) is 18.1 Å². The number of hydrogen-bond acceptors (Lipinski definition) is 4. The monoisotopic (exact) mass is 275 g/mol. The molecule has 0 radical (unpaired) electrons. The van der Waals surface area contributed by atoms with E-state index >= 15 is 0 Å². The van der Waals surface area contributed by atoms with Gasteiger partial charge in [-0.1, -0.05) is 26.0 Å². The number of anilines is 1. The molecule has 0 aromatic heterocycles. The van der Waals surface area contributed by atoms with Crippen molar-refractivity contribution in [3.05, 3.63) is 24.3 Å². The Hall–Kier alpha value is -2.22. The molecule has 108 valence electrons. The van der Waals surface area contributed by atoms with Crippen LogP contribution in [0.5, 0.6) is 5.75 Å². The Kier molecular flexibility index (Phi) is 6.38. The minimum absolute atomic E-state index is 0.0631. The molecule has 0 unspecified atom stereocenters. The molecule has 1 amide bonds. The van der Waals surface area contributed by atoms with Crippen molar-refractivity contribution in [2.24, 2.45) is 5.92 Å². The Balaban J connectivity index is 2.57. The van der Waals surface area contributed by atoms with E-state index in [4.69, 9.17) is 15.7 Å². The molecule has 0 saturated carbocycles. The molecule has 5 nitrogen and oxygen atoms in total. The minimum atomic E-state index is -0.128. The van der Waals surface area contributed by atoms with Crippen molar-refractivity contribution in [3.8, 4) is 11.8 Å². The highest BCUT2D eigenvalue weighted by atomic mass is 16.5. The van der Waals surface area contributed by atoms with Crippen LogP contribution in [-0.2, 0) is 4.79 Å². The maximum absolute atomic E-state index is 12.1. The fourth-order valence-corrected chi connectivity index (χ4v) is 1.79. The quantitative estimate of drug-likeness (QED) is 0.772. The lowest BCUT2D eigenvalue weighted by Crippen LogP contribution is -2.38. The van der Waals surface area contributed by atoms with E-state index in [0.29, 0.717) is 36.9 Å². The van der Waals surface area contributed by atoms with Crippen LogP contribution in [0, 0.1) is 17.2 Å². The molecule has 0 saturated heterocycles. The Morgan fingerprint density at radius 2 is 2.15 bits per heavy atom. The van der Waals surface area contributed by atoms with Gasteiger partial charge in [0.2, 0.25) is 0 Å². The third-order valence-electron chi connectivity index (χ3n) is 2.70. The first-order valence-electron chi connectivity index (χ1n) is 6.66. The standard InChI is InChI=1S/C15H21N3O2/c1-12(2)10-18(9-5-8-16)15(19)11-20-14-7-4-3-6-13(14)17/h3-4,6-7,12H,5,9-11,17H2,1-2H3. The molecule has 0 spiro atoms. The van der Waals surface area contributed by atoms with Gasteiger partial charge in [-0.3, -0.25) is 4.79 Å². The van der Waals surface area contributed by atoms with Crippen molar-refractivity contribution < 1.29 is 9.53 Å². The predicted octanol–water partition coefficient (Wildman–Crippen LogP) is 2.05. The molecule has 0 heterocycles. The summed E-state index contributed by atoms with van der Waals surface area (Å²) in [6, 6.07) is 9.12. The van der Waals surface area contributed by atoms with E-state index in [1.807, 2.05) is 19.9 Å². The predicted molar refractivity (Wildman–Crippen MR) is 78.0 cm³/mol. The van der Waals surface area contributed by atoms with Gasteiger partial charge >= 0.3 is 0 Å². The van der Waals surface area contributed by atoms with Gasteiger partial charge in [-0.25, -0.2) is 0 Å². The minimum Gasteiger partial charge on any atom is -0.482 e. The van der Waals surface area contributed by atoms with E-state index in [2.05, 4.69) is 6.07 Å². The Morgan fingerprint density at radius 1 is 1.45 bits per heavy atom. The van der Waals surface area contributed by atoms with Crippen LogP contribution in [0.15, 0.2) is 24.3 Å². The number of ether oxygens (including phenoxy) is 1. The molecular weight excluding hydrogens is 254 g/mol. The van der Waals surface area contributed by atoms with Gasteiger partial charge in [0, 0.05) is 13.1 Å². The number of nitriles is 1. The topological polar surface area (TPSA) is 79.3 Å². The third kappa shape index (κ3) is 5.19. The largest absolute Gasteiger partial charge is 0.482 e. The lowest BCUT2D eigenvalue weighted by atomic mass is 10.2. The normalized spacial score (nSPS) is 10.1. The molecule has 2 N–H and O–H groups in total. The first kappa shape index (κ1) is 15.8. The summed E-state index contributed by atoms with van der Waals surface area (Å²) in [4.78, 5) is 13.8. The number of para-hydroxylation sites is 2. The van der Waals surface area contributed by atoms with Crippen molar-refractivity contribution in [1.82, 2.24) is 4.90 Å². The van der Waals surface area contributed by atoms with Gasteiger partial charge in [0.15, 0.2) is 6.61 Å². The zero-order valence-corrected chi connectivity index (χ0v) is 12.0. The SMILES string of the molecule is CC(C)CN(CCC#N)C(=O)COc1ccccc1N. The molecule has 0 aliphatic carbocycles. The number of nitrogen functional groups attached to an aromatic ring is 1. The summed E-state index contributed by atoms with van der Waals surface area (Å²) in [5, 5.41) is 8.64. The van der Waals surface area contributed by atoms with Crippen molar-refractivity contribution in [2.75, 3.05) is 25.4 Å². The highest BCUT2D eigenvalue weighted by molar-refractivity contribution is 5.78. The van der Waals surface area contributed by atoms with Gasteiger partial charge in [-0.2, -0.15) is 5.26 Å². The average Bonchev–Trinajstić information content (AvgIpc) is 2.41. The molecule has 1 aromatic carbocycles. The number of carbonyl (C=O) groups is 1. The average molecular weight is 275 g/mol. The van der Waals surface area contributed by atoms with Crippen molar-refractivity contribution >= 4 is 11.6 Å². The molecule has 20 heavy (non-hydrogen) atoms. The summed E-state index contributed by atoms with van der Waals surface area (Å²) in [6.45, 7) is 5.05. The smallest absolute Gasteiger partial charge is 0.260 e. The molecule has 0 fully saturated rings. The lowest BCUT2D eigenvalue weighted by molar-refractivity contribution is -0.133. The fraction of sp³-hybridized carbons (Fsp3) is 0.467. The molecule has 0 atom stereocenters. The number of benzene rings is 1. The van der Waals surface area contributed by atoms with E-state index in [0.717, 1.165) is 0 Å². The highest BCUT2D eigenvalue weighted by Crippen LogP contribution is 2.19. The Labute approximate surface area is 119 Å². The molecule has 5 heteroatoms. The zero-order chi connectivity index (χ0) is 15.0. The number of carbonyl (C=O) groups excluding carboxylic acids is 1. The van der Waals surface area contributed by atoms with Crippen LogP contribution in [0.1, 0.15) is 20.3 Å². The van der Waals surface area contributed by atoms with Gasteiger partial charge in [0.1, 0.15) is 5.75 Å². The second kappa shape index (κ2) is 8.05. The van der Waals surface area contributed by atoms with Crippen LogP contribution in [0.4, 0.5) is 5.69 Å². The second-order valence-electron chi connectivity index (χ2n) is 4.97. The molecular formula is C15H21N3O2. The summed E-state index contributed by atoms with van der Waals surface area (Å²) >= 11 is 0. The van der Waals surface area contributed by atoms with Crippen LogP contribution in [0.25, 0.3) is 0 Å². The van der Waals surface area contributed by atoms with Gasteiger partial charge < -0.3 is 15.4 Å². The van der Waals surface area contributed by atoms with Crippen molar-refractivity contribution in [1.29, 1.82) is 5.26 Å². The summed E-state index contributed by atoms with van der Waals surface area (Å²) < 4.78 is 5.44. The van der Waals surface area contributed by atoms with Crippen LogP contribution >= 0.6 is 0 Å². The summed E-state index contributed by atoms with van der Waals surface area (Å²) in [5.74, 6) is 0.724. The number of nitrogens with zero attached hydrogens (tertiary/aromatic N) is 2. The zero-order valence-electron chi connectivity index (χ0n) is 12.0. The maximum Gasteiger partial charge on any atom is 0.260 e. The summed E-state index contributed by atoms with van der Waals surface area (Å²) in [7, 11) is 0. The molecule has 0 aliphatic rings. The first-order chi connectivity index (χ1) is 9.54. The van der Waals surface area contributed by atoms with E-state index in [1.54, 1.807) is 23.1 Å². The Morgan fingerprint density at radius 3 is 2.75 bits per heavy atom. The third-order valence-corrected chi connectivity index (χ3v) is 2.70.